The molecule has 1 rings (SSSR count). The van der Waals surface area contributed by atoms with Gasteiger partial charge in [-0.05, 0) is 13.5 Å². The van der Waals surface area contributed by atoms with Gasteiger partial charge in [-0.1, -0.05) is 6.08 Å². The van der Waals surface area contributed by atoms with Crippen LogP contribution in [0.2, 0.25) is 0 Å². The highest BCUT2D eigenvalue weighted by atomic mass is 19.1. The molecular formula is C7H12FN. The second kappa shape index (κ2) is 2.97. The van der Waals surface area contributed by atoms with E-state index in [4.69, 9.17) is 0 Å². The summed E-state index contributed by atoms with van der Waals surface area (Å²) < 4.78 is 12.5. The molecule has 2 heteroatoms. The van der Waals surface area contributed by atoms with Gasteiger partial charge in [0.2, 0.25) is 0 Å². The Morgan fingerprint density at radius 3 is 3.11 bits per heavy atom. The summed E-state index contributed by atoms with van der Waals surface area (Å²) in [6.45, 7) is 1.86. The summed E-state index contributed by atoms with van der Waals surface area (Å²) in [7, 11) is 2.02. The Hall–Kier alpha value is -0.370. The standard InChI is InChI=1S/C7H12FN/c1-9-5-2-3-7(8)4-6-9/h3H,2,4-6H2,1H3. The van der Waals surface area contributed by atoms with Crippen LogP contribution in [0.3, 0.4) is 0 Å². The van der Waals surface area contributed by atoms with Crippen LogP contribution in [0.4, 0.5) is 4.39 Å². The molecule has 0 atom stereocenters. The zero-order chi connectivity index (χ0) is 6.69. The lowest BCUT2D eigenvalue weighted by Crippen LogP contribution is -2.18. The quantitative estimate of drug-likeness (QED) is 0.480. The lowest BCUT2D eigenvalue weighted by molar-refractivity contribution is 0.346. The van der Waals surface area contributed by atoms with Crippen molar-refractivity contribution in [1.82, 2.24) is 4.90 Å². The van der Waals surface area contributed by atoms with Gasteiger partial charge in [0.05, 0.1) is 5.83 Å². The molecule has 0 amide bonds. The fraction of sp³-hybridized carbons (Fsp3) is 0.714. The smallest absolute Gasteiger partial charge is 0.0973 e. The van der Waals surface area contributed by atoms with E-state index >= 15 is 0 Å². The predicted molar refractivity (Wildman–Crippen MR) is 35.9 cm³/mol. The first-order chi connectivity index (χ1) is 4.29. The van der Waals surface area contributed by atoms with Crippen LogP contribution in [0.5, 0.6) is 0 Å². The molecule has 0 radical (unpaired) electrons. The highest BCUT2D eigenvalue weighted by Gasteiger charge is 2.04. The molecule has 0 aromatic carbocycles. The Labute approximate surface area is 55.2 Å². The van der Waals surface area contributed by atoms with Crippen LogP contribution < -0.4 is 0 Å². The summed E-state index contributed by atoms with van der Waals surface area (Å²) in [6, 6.07) is 0. The number of hydrogen-bond acceptors (Lipinski definition) is 1. The van der Waals surface area contributed by atoms with Crippen molar-refractivity contribution < 1.29 is 4.39 Å². The van der Waals surface area contributed by atoms with E-state index < -0.39 is 0 Å². The predicted octanol–water partition coefficient (Wildman–Crippen LogP) is 1.57. The minimum atomic E-state index is 0.0550. The molecule has 52 valence electrons. The highest BCUT2D eigenvalue weighted by molar-refractivity contribution is 4.94. The normalized spacial score (nSPS) is 23.1. The lowest BCUT2D eigenvalue weighted by Gasteiger charge is -2.10. The van der Waals surface area contributed by atoms with Crippen LogP contribution in [-0.4, -0.2) is 25.0 Å². The summed E-state index contributed by atoms with van der Waals surface area (Å²) in [6.07, 6.45) is 3.14. The first kappa shape index (κ1) is 6.75. The molecule has 0 aromatic heterocycles. The number of nitrogens with zero attached hydrogens (tertiary/aromatic N) is 1. The van der Waals surface area contributed by atoms with Crippen LogP contribution in [0.1, 0.15) is 12.8 Å². The average molecular weight is 129 g/mol. The third-order valence-electron chi connectivity index (χ3n) is 1.61. The molecule has 1 heterocycles. The van der Waals surface area contributed by atoms with Gasteiger partial charge in [0.25, 0.3) is 0 Å². The Balaban J connectivity index is 2.39. The minimum absolute atomic E-state index is 0.0550. The van der Waals surface area contributed by atoms with E-state index in [9.17, 15) is 4.39 Å². The van der Waals surface area contributed by atoms with Gasteiger partial charge in [-0.3, -0.25) is 0 Å². The molecule has 0 bridgehead atoms. The summed E-state index contributed by atoms with van der Waals surface area (Å²) in [5.41, 5.74) is 0. The Kier molecular flexibility index (Phi) is 2.22. The van der Waals surface area contributed by atoms with Crippen LogP contribution in [-0.2, 0) is 0 Å². The molecule has 0 unspecified atom stereocenters. The third-order valence-corrected chi connectivity index (χ3v) is 1.61. The van der Waals surface area contributed by atoms with Crippen LogP contribution in [0.15, 0.2) is 11.9 Å². The van der Waals surface area contributed by atoms with E-state index in [1.165, 1.54) is 0 Å². The van der Waals surface area contributed by atoms with Gasteiger partial charge in [-0.2, -0.15) is 0 Å². The summed E-state index contributed by atoms with van der Waals surface area (Å²) in [4.78, 5) is 2.14. The van der Waals surface area contributed by atoms with Crippen molar-refractivity contribution in [2.24, 2.45) is 0 Å². The topological polar surface area (TPSA) is 3.24 Å². The van der Waals surface area contributed by atoms with E-state index in [-0.39, 0.29) is 5.83 Å². The zero-order valence-electron chi connectivity index (χ0n) is 5.73. The maximum Gasteiger partial charge on any atom is 0.0973 e. The van der Waals surface area contributed by atoms with E-state index in [0.717, 1.165) is 19.5 Å². The molecular weight excluding hydrogens is 117 g/mol. The third kappa shape index (κ3) is 2.14. The largest absolute Gasteiger partial charge is 0.306 e. The maximum absolute atomic E-state index is 12.5. The molecule has 0 saturated heterocycles. The monoisotopic (exact) mass is 129 g/mol. The van der Waals surface area contributed by atoms with Crippen molar-refractivity contribution in [2.75, 3.05) is 20.1 Å². The zero-order valence-corrected chi connectivity index (χ0v) is 5.73. The number of rotatable bonds is 0. The van der Waals surface area contributed by atoms with Crippen molar-refractivity contribution in [1.29, 1.82) is 0 Å². The second-order valence-electron chi connectivity index (χ2n) is 2.49. The van der Waals surface area contributed by atoms with Gasteiger partial charge < -0.3 is 4.90 Å². The first-order valence-corrected chi connectivity index (χ1v) is 3.32. The van der Waals surface area contributed by atoms with Gasteiger partial charge in [0, 0.05) is 19.5 Å². The highest BCUT2D eigenvalue weighted by Crippen LogP contribution is 2.09. The summed E-state index contributed by atoms with van der Waals surface area (Å²) in [5.74, 6) is 0.0550. The van der Waals surface area contributed by atoms with Gasteiger partial charge in [0.1, 0.15) is 0 Å². The SMILES string of the molecule is CN1CCC=C(F)CC1. The molecule has 0 saturated carbocycles. The molecule has 1 nitrogen and oxygen atoms in total. The van der Waals surface area contributed by atoms with Crippen molar-refractivity contribution in [3.05, 3.63) is 11.9 Å². The van der Waals surface area contributed by atoms with Crippen LogP contribution in [0, 0.1) is 0 Å². The van der Waals surface area contributed by atoms with Gasteiger partial charge in [0.15, 0.2) is 0 Å². The first-order valence-electron chi connectivity index (χ1n) is 3.32. The van der Waals surface area contributed by atoms with Gasteiger partial charge in [-0.15, -0.1) is 0 Å². The van der Waals surface area contributed by atoms with Gasteiger partial charge >= 0.3 is 0 Å². The molecule has 1 aliphatic rings. The van der Waals surface area contributed by atoms with Crippen molar-refractivity contribution in [3.8, 4) is 0 Å². The van der Waals surface area contributed by atoms with Crippen molar-refractivity contribution in [3.63, 3.8) is 0 Å². The van der Waals surface area contributed by atoms with Crippen LogP contribution in [0.25, 0.3) is 0 Å². The molecule has 0 aromatic rings. The molecule has 1 aliphatic heterocycles. The molecule has 0 fully saturated rings. The fourth-order valence-electron chi connectivity index (χ4n) is 0.953. The lowest BCUT2D eigenvalue weighted by atomic mass is 10.3. The Morgan fingerprint density at radius 2 is 2.33 bits per heavy atom. The van der Waals surface area contributed by atoms with E-state index in [0.29, 0.717) is 6.42 Å². The second-order valence-corrected chi connectivity index (χ2v) is 2.49. The minimum Gasteiger partial charge on any atom is -0.306 e. The maximum atomic E-state index is 12.5. The number of hydrogen-bond donors (Lipinski definition) is 0. The Bertz CT molecular complexity index is 120. The number of halogens is 1. The molecule has 0 spiro atoms. The van der Waals surface area contributed by atoms with Crippen molar-refractivity contribution >= 4 is 0 Å². The molecule has 0 aliphatic carbocycles. The van der Waals surface area contributed by atoms with E-state index in [2.05, 4.69) is 4.90 Å². The van der Waals surface area contributed by atoms with Gasteiger partial charge in [-0.25, -0.2) is 4.39 Å². The summed E-state index contributed by atoms with van der Waals surface area (Å²) in [5, 5.41) is 0. The Morgan fingerprint density at radius 1 is 1.56 bits per heavy atom. The van der Waals surface area contributed by atoms with Crippen LogP contribution >= 0.6 is 0 Å². The fourth-order valence-corrected chi connectivity index (χ4v) is 0.953. The van der Waals surface area contributed by atoms with E-state index in [1.807, 2.05) is 7.05 Å². The molecule has 0 N–H and O–H groups in total. The van der Waals surface area contributed by atoms with Crippen molar-refractivity contribution in [2.45, 2.75) is 12.8 Å². The average Bonchev–Trinajstić information content (AvgIpc) is 1.97. The summed E-state index contributed by atoms with van der Waals surface area (Å²) >= 11 is 0. The molecule has 9 heavy (non-hydrogen) atoms. The van der Waals surface area contributed by atoms with E-state index in [1.54, 1.807) is 6.08 Å².